The van der Waals surface area contributed by atoms with Crippen LogP contribution in [-0.2, 0) is 7.05 Å². The average molecular weight is 284 g/mol. The Hall–Kier alpha value is -1.36. The number of nitrogen functional groups attached to an aromatic ring is 1. The van der Waals surface area contributed by atoms with Crippen molar-refractivity contribution >= 4 is 21.7 Å². The summed E-state index contributed by atoms with van der Waals surface area (Å²) in [5.41, 5.74) is 8.07. The second-order valence-corrected chi connectivity index (χ2v) is 4.49. The molecule has 0 spiro atoms. The third kappa shape index (κ3) is 1.82. The molecule has 0 saturated carbocycles. The van der Waals surface area contributed by atoms with Crippen LogP contribution in [0.5, 0.6) is 0 Å². The summed E-state index contributed by atoms with van der Waals surface area (Å²) in [6.45, 7) is 1.91. The molecule has 0 saturated heterocycles. The van der Waals surface area contributed by atoms with Crippen LogP contribution in [0.3, 0.4) is 0 Å². The van der Waals surface area contributed by atoms with Gasteiger partial charge in [0.2, 0.25) is 0 Å². The SMILES string of the molecule is Cc1c(Br)cc(F)cc1-c1cc(N)n(C)n1. The summed E-state index contributed by atoms with van der Waals surface area (Å²) < 4.78 is 15.6. The Morgan fingerprint density at radius 1 is 1.38 bits per heavy atom. The Morgan fingerprint density at radius 3 is 2.62 bits per heavy atom. The molecule has 2 N–H and O–H groups in total. The number of nitrogens with two attached hydrogens (primary N) is 1. The number of hydrogen-bond acceptors (Lipinski definition) is 2. The molecule has 1 aromatic carbocycles. The van der Waals surface area contributed by atoms with Crippen molar-refractivity contribution in [1.29, 1.82) is 0 Å². The Balaban J connectivity index is 2.63. The molecule has 1 aromatic heterocycles. The average Bonchev–Trinajstić information content (AvgIpc) is 2.53. The minimum Gasteiger partial charge on any atom is -0.384 e. The predicted molar refractivity (Wildman–Crippen MR) is 65.5 cm³/mol. The highest BCUT2D eigenvalue weighted by Crippen LogP contribution is 2.29. The van der Waals surface area contributed by atoms with Crippen LogP contribution in [0.1, 0.15) is 5.56 Å². The van der Waals surface area contributed by atoms with E-state index < -0.39 is 0 Å². The third-order valence-corrected chi connectivity index (χ3v) is 3.32. The molecule has 2 rings (SSSR count). The number of benzene rings is 1. The lowest BCUT2D eigenvalue weighted by molar-refractivity contribution is 0.627. The van der Waals surface area contributed by atoms with Crippen LogP contribution in [0.2, 0.25) is 0 Å². The molecule has 3 nitrogen and oxygen atoms in total. The molecule has 0 atom stereocenters. The number of halogens is 2. The van der Waals surface area contributed by atoms with E-state index in [1.54, 1.807) is 17.8 Å². The van der Waals surface area contributed by atoms with Gasteiger partial charge in [0.1, 0.15) is 11.6 Å². The zero-order chi connectivity index (χ0) is 11.9. The maximum Gasteiger partial charge on any atom is 0.125 e. The summed E-state index contributed by atoms with van der Waals surface area (Å²) in [5.74, 6) is 0.256. The topological polar surface area (TPSA) is 43.8 Å². The maximum atomic E-state index is 13.3. The quantitative estimate of drug-likeness (QED) is 0.875. The van der Waals surface area contributed by atoms with E-state index in [0.717, 1.165) is 15.6 Å². The van der Waals surface area contributed by atoms with Crippen LogP contribution in [-0.4, -0.2) is 9.78 Å². The van der Waals surface area contributed by atoms with E-state index in [9.17, 15) is 4.39 Å². The van der Waals surface area contributed by atoms with E-state index in [-0.39, 0.29) is 5.82 Å². The Kier molecular flexibility index (Phi) is 2.71. The highest BCUT2D eigenvalue weighted by atomic mass is 79.9. The van der Waals surface area contributed by atoms with Gasteiger partial charge in [-0.2, -0.15) is 5.10 Å². The highest BCUT2D eigenvalue weighted by molar-refractivity contribution is 9.10. The van der Waals surface area contributed by atoms with Crippen molar-refractivity contribution < 1.29 is 4.39 Å². The van der Waals surface area contributed by atoms with Gasteiger partial charge < -0.3 is 5.73 Å². The normalized spacial score (nSPS) is 10.8. The first kappa shape index (κ1) is 11.1. The van der Waals surface area contributed by atoms with Gasteiger partial charge in [-0.25, -0.2) is 4.39 Å². The lowest BCUT2D eigenvalue weighted by Gasteiger charge is -2.05. The summed E-state index contributed by atoms with van der Waals surface area (Å²) in [4.78, 5) is 0. The summed E-state index contributed by atoms with van der Waals surface area (Å²) >= 11 is 3.31. The monoisotopic (exact) mass is 283 g/mol. The number of hydrogen-bond donors (Lipinski definition) is 1. The zero-order valence-electron chi connectivity index (χ0n) is 8.96. The molecule has 0 fully saturated rings. The molecule has 2 aromatic rings. The zero-order valence-corrected chi connectivity index (χ0v) is 10.5. The second kappa shape index (κ2) is 3.90. The van der Waals surface area contributed by atoms with Gasteiger partial charge in [0.15, 0.2) is 0 Å². The van der Waals surface area contributed by atoms with Crippen molar-refractivity contribution in [2.75, 3.05) is 5.73 Å². The van der Waals surface area contributed by atoms with Crippen LogP contribution in [0.15, 0.2) is 22.7 Å². The fraction of sp³-hybridized carbons (Fsp3) is 0.182. The predicted octanol–water partition coefficient (Wildman–Crippen LogP) is 2.88. The van der Waals surface area contributed by atoms with Gasteiger partial charge >= 0.3 is 0 Å². The van der Waals surface area contributed by atoms with Crippen molar-refractivity contribution in [3.8, 4) is 11.3 Å². The van der Waals surface area contributed by atoms with Crippen LogP contribution in [0, 0.1) is 12.7 Å². The van der Waals surface area contributed by atoms with E-state index in [1.807, 2.05) is 6.92 Å². The first-order chi connectivity index (χ1) is 7.49. The van der Waals surface area contributed by atoms with Gasteiger partial charge in [-0.3, -0.25) is 4.68 Å². The Morgan fingerprint density at radius 2 is 2.06 bits per heavy atom. The maximum absolute atomic E-state index is 13.3. The van der Waals surface area contributed by atoms with Gasteiger partial charge in [0.05, 0.1) is 5.69 Å². The number of anilines is 1. The van der Waals surface area contributed by atoms with E-state index >= 15 is 0 Å². The molecule has 0 aliphatic carbocycles. The van der Waals surface area contributed by atoms with E-state index in [0.29, 0.717) is 11.5 Å². The van der Waals surface area contributed by atoms with Crippen molar-refractivity contribution in [2.24, 2.45) is 7.05 Å². The first-order valence-electron chi connectivity index (χ1n) is 4.74. The summed E-state index contributed by atoms with van der Waals surface area (Å²) in [6, 6.07) is 4.63. The fourth-order valence-electron chi connectivity index (χ4n) is 1.53. The number of rotatable bonds is 1. The smallest absolute Gasteiger partial charge is 0.125 e. The fourth-order valence-corrected chi connectivity index (χ4v) is 1.96. The molecular weight excluding hydrogens is 273 g/mol. The lowest BCUT2D eigenvalue weighted by Crippen LogP contribution is -1.96. The van der Waals surface area contributed by atoms with Crippen molar-refractivity contribution in [3.05, 3.63) is 34.1 Å². The molecule has 1 heterocycles. The molecule has 0 aliphatic rings. The molecule has 0 radical (unpaired) electrons. The van der Waals surface area contributed by atoms with Gasteiger partial charge in [-0.1, -0.05) is 15.9 Å². The molecule has 5 heteroatoms. The van der Waals surface area contributed by atoms with Crippen molar-refractivity contribution in [2.45, 2.75) is 6.92 Å². The largest absolute Gasteiger partial charge is 0.384 e. The number of aryl methyl sites for hydroxylation is 1. The van der Waals surface area contributed by atoms with Crippen LogP contribution in [0.4, 0.5) is 10.2 Å². The van der Waals surface area contributed by atoms with Crippen molar-refractivity contribution in [1.82, 2.24) is 9.78 Å². The molecule has 0 unspecified atom stereocenters. The summed E-state index contributed by atoms with van der Waals surface area (Å²) in [6.07, 6.45) is 0. The molecule has 0 amide bonds. The minimum absolute atomic E-state index is 0.295. The summed E-state index contributed by atoms with van der Waals surface area (Å²) in [5, 5.41) is 4.23. The molecule has 0 aliphatic heterocycles. The number of nitrogens with zero attached hydrogens (tertiary/aromatic N) is 2. The van der Waals surface area contributed by atoms with Crippen LogP contribution < -0.4 is 5.73 Å². The van der Waals surface area contributed by atoms with E-state index in [4.69, 9.17) is 5.73 Å². The molecular formula is C11H11BrFN3. The molecule has 84 valence electrons. The Bertz CT molecular complexity index is 529. The van der Waals surface area contributed by atoms with Gasteiger partial charge in [-0.05, 0) is 24.6 Å². The van der Waals surface area contributed by atoms with Gasteiger partial charge in [-0.15, -0.1) is 0 Å². The third-order valence-electron chi connectivity index (χ3n) is 2.50. The van der Waals surface area contributed by atoms with E-state index in [1.165, 1.54) is 12.1 Å². The standard InChI is InChI=1S/C11H11BrFN3/c1-6-8(3-7(13)4-9(6)12)10-5-11(14)16(2)15-10/h3-5H,14H2,1-2H3. The Labute approximate surface area is 101 Å². The van der Waals surface area contributed by atoms with Gasteiger partial charge in [0.25, 0.3) is 0 Å². The van der Waals surface area contributed by atoms with Crippen LogP contribution >= 0.6 is 15.9 Å². The van der Waals surface area contributed by atoms with Gasteiger partial charge in [0, 0.05) is 23.2 Å². The summed E-state index contributed by atoms with van der Waals surface area (Å²) in [7, 11) is 1.75. The first-order valence-corrected chi connectivity index (χ1v) is 5.54. The van der Waals surface area contributed by atoms with Crippen LogP contribution in [0.25, 0.3) is 11.3 Å². The van der Waals surface area contributed by atoms with E-state index in [2.05, 4.69) is 21.0 Å². The lowest BCUT2D eigenvalue weighted by atomic mass is 10.1. The minimum atomic E-state index is -0.295. The molecule has 0 bridgehead atoms. The molecule has 16 heavy (non-hydrogen) atoms. The van der Waals surface area contributed by atoms with Crippen molar-refractivity contribution in [3.63, 3.8) is 0 Å². The highest BCUT2D eigenvalue weighted by Gasteiger charge is 2.11. The number of aromatic nitrogens is 2. The second-order valence-electron chi connectivity index (χ2n) is 3.64.